The van der Waals surface area contributed by atoms with Gasteiger partial charge >= 0.3 is 12.2 Å². The third-order valence-electron chi connectivity index (χ3n) is 2.28. The first kappa shape index (κ1) is 16.6. The van der Waals surface area contributed by atoms with Crippen LogP contribution in [0.5, 0.6) is 5.75 Å². The van der Waals surface area contributed by atoms with Gasteiger partial charge in [-0.25, -0.2) is 4.79 Å². The van der Waals surface area contributed by atoms with Crippen molar-refractivity contribution >= 4 is 17.6 Å². The number of nitrogens with two attached hydrogens (primary N) is 1. The SMILES string of the molecule is CC(Nc1ccc(OCC(F)(F)F)cc1)C(=O)NC(N)=O. The molecule has 0 aliphatic heterocycles. The van der Waals surface area contributed by atoms with Crippen molar-refractivity contribution in [3.63, 3.8) is 0 Å². The zero-order valence-corrected chi connectivity index (χ0v) is 11.0. The minimum absolute atomic E-state index is 0.0483. The van der Waals surface area contributed by atoms with E-state index in [4.69, 9.17) is 5.73 Å². The van der Waals surface area contributed by atoms with Gasteiger partial charge in [0, 0.05) is 5.69 Å². The molecule has 0 spiro atoms. The van der Waals surface area contributed by atoms with Crippen LogP contribution in [0.3, 0.4) is 0 Å². The summed E-state index contributed by atoms with van der Waals surface area (Å²) in [5.41, 5.74) is 5.28. The van der Waals surface area contributed by atoms with Gasteiger partial charge in [-0.3, -0.25) is 10.1 Å². The van der Waals surface area contributed by atoms with E-state index >= 15 is 0 Å². The molecule has 9 heteroatoms. The average molecular weight is 305 g/mol. The lowest BCUT2D eigenvalue weighted by molar-refractivity contribution is -0.153. The minimum atomic E-state index is -4.40. The Morgan fingerprint density at radius 3 is 2.33 bits per heavy atom. The zero-order chi connectivity index (χ0) is 16.0. The van der Waals surface area contributed by atoms with Gasteiger partial charge < -0.3 is 15.8 Å². The van der Waals surface area contributed by atoms with Crippen molar-refractivity contribution < 1.29 is 27.5 Å². The van der Waals surface area contributed by atoms with Gasteiger partial charge in [-0.15, -0.1) is 0 Å². The molecule has 1 atom stereocenters. The van der Waals surface area contributed by atoms with Gasteiger partial charge in [-0.1, -0.05) is 0 Å². The molecule has 0 saturated heterocycles. The van der Waals surface area contributed by atoms with Gasteiger partial charge in [0.25, 0.3) is 0 Å². The van der Waals surface area contributed by atoms with Crippen molar-refractivity contribution in [2.75, 3.05) is 11.9 Å². The molecule has 1 aromatic carbocycles. The lowest BCUT2D eigenvalue weighted by Crippen LogP contribution is -2.43. The summed E-state index contributed by atoms with van der Waals surface area (Å²) in [6.07, 6.45) is -4.40. The van der Waals surface area contributed by atoms with Crippen LogP contribution in [0.2, 0.25) is 0 Å². The lowest BCUT2D eigenvalue weighted by atomic mass is 10.2. The zero-order valence-electron chi connectivity index (χ0n) is 11.0. The number of halogens is 3. The number of amides is 3. The van der Waals surface area contributed by atoms with Crippen molar-refractivity contribution in [2.24, 2.45) is 5.73 Å². The second-order valence-corrected chi connectivity index (χ2v) is 4.15. The molecule has 0 heterocycles. The number of carbonyl (C=O) groups is 2. The van der Waals surface area contributed by atoms with Gasteiger partial charge in [0.1, 0.15) is 11.8 Å². The van der Waals surface area contributed by atoms with E-state index in [0.29, 0.717) is 5.69 Å². The molecule has 1 aromatic rings. The Balaban J connectivity index is 2.54. The number of alkyl halides is 3. The summed E-state index contributed by atoms with van der Waals surface area (Å²) in [4.78, 5) is 21.9. The average Bonchev–Trinajstić information content (AvgIpc) is 2.36. The van der Waals surface area contributed by atoms with Crippen LogP contribution in [-0.2, 0) is 4.79 Å². The van der Waals surface area contributed by atoms with Gasteiger partial charge in [-0.05, 0) is 31.2 Å². The van der Waals surface area contributed by atoms with Crippen LogP contribution >= 0.6 is 0 Å². The van der Waals surface area contributed by atoms with E-state index < -0.39 is 30.8 Å². The van der Waals surface area contributed by atoms with Crippen LogP contribution in [0.25, 0.3) is 0 Å². The summed E-state index contributed by atoms with van der Waals surface area (Å²) in [5, 5.41) is 4.65. The summed E-state index contributed by atoms with van der Waals surface area (Å²) in [6.45, 7) is 0.115. The second-order valence-electron chi connectivity index (χ2n) is 4.15. The van der Waals surface area contributed by atoms with Gasteiger partial charge in [0.2, 0.25) is 5.91 Å². The summed E-state index contributed by atoms with van der Waals surface area (Å²) in [5.74, 6) is -0.577. The normalized spacial score (nSPS) is 12.4. The van der Waals surface area contributed by atoms with Crippen molar-refractivity contribution in [2.45, 2.75) is 19.1 Å². The Kier molecular flexibility index (Phi) is 5.39. The Morgan fingerprint density at radius 2 is 1.86 bits per heavy atom. The largest absolute Gasteiger partial charge is 0.484 e. The Hall–Kier alpha value is -2.45. The smallest absolute Gasteiger partial charge is 0.422 e. The molecule has 0 aliphatic carbocycles. The molecule has 6 nitrogen and oxygen atoms in total. The molecule has 4 N–H and O–H groups in total. The van der Waals surface area contributed by atoms with E-state index in [1.54, 1.807) is 0 Å². The number of hydrogen-bond donors (Lipinski definition) is 3. The van der Waals surface area contributed by atoms with Crippen molar-refractivity contribution in [3.05, 3.63) is 24.3 Å². The van der Waals surface area contributed by atoms with E-state index in [1.807, 2.05) is 5.32 Å². The molecule has 0 saturated carbocycles. The van der Waals surface area contributed by atoms with E-state index in [2.05, 4.69) is 10.1 Å². The highest BCUT2D eigenvalue weighted by Gasteiger charge is 2.28. The molecule has 3 amide bonds. The van der Waals surface area contributed by atoms with Gasteiger partial charge in [0.15, 0.2) is 6.61 Å². The van der Waals surface area contributed by atoms with Gasteiger partial charge in [-0.2, -0.15) is 13.2 Å². The number of benzene rings is 1. The highest BCUT2D eigenvalue weighted by Crippen LogP contribution is 2.20. The fourth-order valence-corrected chi connectivity index (χ4v) is 1.36. The van der Waals surface area contributed by atoms with Crippen LogP contribution < -0.4 is 21.1 Å². The molecular weight excluding hydrogens is 291 g/mol. The molecule has 116 valence electrons. The monoisotopic (exact) mass is 305 g/mol. The maximum Gasteiger partial charge on any atom is 0.422 e. The fraction of sp³-hybridized carbons (Fsp3) is 0.333. The Bertz CT molecular complexity index is 503. The number of urea groups is 1. The summed E-state index contributed by atoms with van der Waals surface area (Å²) < 4.78 is 40.4. The number of carbonyl (C=O) groups excluding carboxylic acids is 2. The molecular formula is C12H14F3N3O3. The number of anilines is 1. The Labute approximate surface area is 118 Å². The number of nitrogens with one attached hydrogen (secondary N) is 2. The predicted octanol–water partition coefficient (Wildman–Crippen LogP) is 1.62. The van der Waals surface area contributed by atoms with Crippen molar-refractivity contribution in [3.8, 4) is 5.75 Å². The van der Waals surface area contributed by atoms with Crippen LogP contribution in [0.4, 0.5) is 23.7 Å². The van der Waals surface area contributed by atoms with E-state index in [1.165, 1.54) is 31.2 Å². The minimum Gasteiger partial charge on any atom is -0.484 e. The third-order valence-corrected chi connectivity index (χ3v) is 2.28. The number of ether oxygens (including phenoxy) is 1. The van der Waals surface area contributed by atoms with E-state index in [0.717, 1.165) is 0 Å². The third kappa shape index (κ3) is 6.50. The van der Waals surface area contributed by atoms with E-state index in [-0.39, 0.29) is 5.75 Å². The number of primary amides is 1. The molecule has 1 rings (SSSR count). The standard InChI is InChI=1S/C12H14F3N3O3/c1-7(10(19)18-11(16)20)17-8-2-4-9(5-3-8)21-6-12(13,14)15/h2-5,7,17H,6H2,1H3,(H3,16,18,19,20). The first-order valence-corrected chi connectivity index (χ1v) is 5.84. The quantitative estimate of drug-likeness (QED) is 0.770. The topological polar surface area (TPSA) is 93.4 Å². The van der Waals surface area contributed by atoms with Crippen LogP contribution in [0.15, 0.2) is 24.3 Å². The molecule has 1 unspecified atom stereocenters. The number of rotatable bonds is 5. The van der Waals surface area contributed by atoms with Gasteiger partial charge in [0.05, 0.1) is 0 Å². The maximum atomic E-state index is 12.0. The highest BCUT2D eigenvalue weighted by molar-refractivity contribution is 5.97. The second kappa shape index (κ2) is 6.82. The first-order valence-electron chi connectivity index (χ1n) is 5.84. The number of imide groups is 1. The molecule has 21 heavy (non-hydrogen) atoms. The summed E-state index contributed by atoms with van der Waals surface area (Å²) >= 11 is 0. The summed E-state index contributed by atoms with van der Waals surface area (Å²) in [6, 6.07) is 3.82. The van der Waals surface area contributed by atoms with Crippen LogP contribution in [-0.4, -0.2) is 30.8 Å². The molecule has 0 bridgehead atoms. The van der Waals surface area contributed by atoms with Crippen LogP contribution in [0.1, 0.15) is 6.92 Å². The van der Waals surface area contributed by atoms with E-state index in [9.17, 15) is 22.8 Å². The fourth-order valence-electron chi connectivity index (χ4n) is 1.36. The molecule has 0 aliphatic rings. The Morgan fingerprint density at radius 1 is 1.29 bits per heavy atom. The predicted molar refractivity (Wildman–Crippen MR) is 68.8 cm³/mol. The summed E-state index contributed by atoms with van der Waals surface area (Å²) in [7, 11) is 0. The number of hydrogen-bond acceptors (Lipinski definition) is 4. The molecule has 0 fully saturated rings. The molecule has 0 radical (unpaired) electrons. The van der Waals surface area contributed by atoms with Crippen LogP contribution in [0, 0.1) is 0 Å². The first-order chi connectivity index (χ1) is 9.67. The molecule has 0 aromatic heterocycles. The lowest BCUT2D eigenvalue weighted by Gasteiger charge is -2.14. The highest BCUT2D eigenvalue weighted by atomic mass is 19.4. The maximum absolute atomic E-state index is 12.0. The van der Waals surface area contributed by atoms with Crippen molar-refractivity contribution in [1.82, 2.24) is 5.32 Å². The van der Waals surface area contributed by atoms with Crippen molar-refractivity contribution in [1.29, 1.82) is 0 Å².